The third-order valence-electron chi connectivity index (χ3n) is 2.09. The van der Waals surface area contributed by atoms with Crippen molar-refractivity contribution in [3.05, 3.63) is 27.1 Å². The van der Waals surface area contributed by atoms with E-state index in [9.17, 15) is 0 Å². The minimum atomic E-state index is 0.331. The van der Waals surface area contributed by atoms with Crippen molar-refractivity contribution in [2.24, 2.45) is 0 Å². The summed E-state index contributed by atoms with van der Waals surface area (Å²) in [5.41, 5.74) is 5.68. The van der Waals surface area contributed by atoms with Gasteiger partial charge in [-0.15, -0.1) is 11.3 Å². The Bertz CT molecular complexity index is 517. The third-order valence-corrected chi connectivity index (χ3v) is 3.78. The Morgan fingerprint density at radius 3 is 3.00 bits per heavy atom. The molecule has 2 heterocycles. The van der Waals surface area contributed by atoms with Gasteiger partial charge in [0.05, 0.1) is 13.7 Å². The van der Waals surface area contributed by atoms with Crippen LogP contribution in [-0.4, -0.2) is 17.1 Å². The van der Waals surface area contributed by atoms with E-state index >= 15 is 0 Å². The Morgan fingerprint density at radius 1 is 1.53 bits per heavy atom. The van der Waals surface area contributed by atoms with Gasteiger partial charge < -0.3 is 15.8 Å². The Kier molecular flexibility index (Phi) is 3.80. The average molecular weight is 315 g/mol. The highest BCUT2D eigenvalue weighted by Crippen LogP contribution is 2.27. The first-order valence-electron chi connectivity index (χ1n) is 4.82. The van der Waals surface area contributed by atoms with Gasteiger partial charge in [-0.1, -0.05) is 0 Å². The van der Waals surface area contributed by atoms with Crippen molar-refractivity contribution in [2.45, 2.75) is 6.54 Å². The van der Waals surface area contributed by atoms with E-state index in [1.165, 1.54) is 11.2 Å². The van der Waals surface area contributed by atoms with Crippen LogP contribution in [-0.2, 0) is 6.54 Å². The number of thiophene rings is 1. The predicted octanol–water partition coefficient (Wildman–Crippen LogP) is 2.50. The Hall–Kier alpha value is -1.34. The van der Waals surface area contributed by atoms with Crippen molar-refractivity contribution in [1.82, 2.24) is 9.97 Å². The number of nitrogen functional groups attached to an aromatic ring is 1. The quantitative estimate of drug-likeness (QED) is 0.907. The van der Waals surface area contributed by atoms with Gasteiger partial charge in [-0.2, -0.15) is 0 Å². The van der Waals surface area contributed by atoms with E-state index in [0.29, 0.717) is 23.9 Å². The lowest BCUT2D eigenvalue weighted by Crippen LogP contribution is -2.05. The average Bonchev–Trinajstić information content (AvgIpc) is 2.72. The maximum Gasteiger partial charge on any atom is 0.203 e. The van der Waals surface area contributed by atoms with E-state index in [2.05, 4.69) is 37.3 Å². The number of anilines is 2. The number of hydrogen-bond acceptors (Lipinski definition) is 6. The summed E-state index contributed by atoms with van der Waals surface area (Å²) >= 11 is 5.07. The standard InChI is InChI=1S/C10H11BrN4OS/c1-16-8-9(12)14-5-15-10(8)13-3-7-2-6(11)4-17-7/h2,4-5H,3H2,1H3,(H3,12,13,14,15). The summed E-state index contributed by atoms with van der Waals surface area (Å²) in [5, 5.41) is 5.20. The van der Waals surface area contributed by atoms with Crippen LogP contribution in [0.4, 0.5) is 11.6 Å². The molecule has 7 heteroatoms. The summed E-state index contributed by atoms with van der Waals surface area (Å²) in [7, 11) is 1.54. The second-order valence-electron chi connectivity index (χ2n) is 3.23. The molecule has 0 saturated heterocycles. The molecule has 0 unspecified atom stereocenters. The smallest absolute Gasteiger partial charge is 0.203 e. The highest BCUT2D eigenvalue weighted by Gasteiger charge is 2.09. The minimum Gasteiger partial charge on any atom is -0.490 e. The Labute approximate surface area is 111 Å². The number of methoxy groups -OCH3 is 1. The molecule has 0 atom stereocenters. The van der Waals surface area contributed by atoms with Gasteiger partial charge in [0.2, 0.25) is 5.75 Å². The molecule has 0 aromatic carbocycles. The van der Waals surface area contributed by atoms with Crippen LogP contribution >= 0.6 is 27.3 Å². The fourth-order valence-electron chi connectivity index (χ4n) is 1.33. The van der Waals surface area contributed by atoms with E-state index in [4.69, 9.17) is 10.5 Å². The lowest BCUT2D eigenvalue weighted by atomic mass is 10.4. The van der Waals surface area contributed by atoms with Crippen LogP contribution in [0.1, 0.15) is 4.88 Å². The molecule has 2 aromatic heterocycles. The summed E-state index contributed by atoms with van der Waals surface area (Å²) in [6, 6.07) is 2.05. The molecule has 0 aliphatic carbocycles. The van der Waals surface area contributed by atoms with Gasteiger partial charge in [-0.3, -0.25) is 0 Å². The lowest BCUT2D eigenvalue weighted by Gasteiger charge is -2.09. The molecule has 0 saturated carbocycles. The lowest BCUT2D eigenvalue weighted by molar-refractivity contribution is 0.415. The van der Waals surface area contributed by atoms with Crippen LogP contribution in [0.25, 0.3) is 0 Å². The summed E-state index contributed by atoms with van der Waals surface area (Å²) in [6.07, 6.45) is 1.41. The molecule has 3 N–H and O–H groups in total. The molecular formula is C10H11BrN4OS. The molecule has 2 rings (SSSR count). The van der Waals surface area contributed by atoms with Gasteiger partial charge in [0.15, 0.2) is 11.6 Å². The Morgan fingerprint density at radius 2 is 2.35 bits per heavy atom. The van der Waals surface area contributed by atoms with Crippen molar-refractivity contribution in [1.29, 1.82) is 0 Å². The van der Waals surface area contributed by atoms with Gasteiger partial charge in [-0.05, 0) is 22.0 Å². The maximum absolute atomic E-state index is 5.68. The predicted molar refractivity (Wildman–Crippen MR) is 72.3 cm³/mol. The number of nitrogens with two attached hydrogens (primary N) is 1. The number of nitrogens with zero attached hydrogens (tertiary/aromatic N) is 2. The largest absolute Gasteiger partial charge is 0.490 e. The fraction of sp³-hybridized carbons (Fsp3) is 0.200. The van der Waals surface area contributed by atoms with E-state index in [1.54, 1.807) is 18.4 Å². The molecule has 0 fully saturated rings. The van der Waals surface area contributed by atoms with Crippen LogP contribution in [0.15, 0.2) is 22.2 Å². The van der Waals surface area contributed by atoms with E-state index < -0.39 is 0 Å². The van der Waals surface area contributed by atoms with Crippen LogP contribution in [0.5, 0.6) is 5.75 Å². The normalized spacial score (nSPS) is 10.2. The van der Waals surface area contributed by atoms with Crippen LogP contribution in [0, 0.1) is 0 Å². The molecule has 2 aromatic rings. The third kappa shape index (κ3) is 2.86. The van der Waals surface area contributed by atoms with Crippen LogP contribution < -0.4 is 15.8 Å². The van der Waals surface area contributed by atoms with Crippen molar-refractivity contribution in [2.75, 3.05) is 18.2 Å². The molecule has 0 amide bonds. The van der Waals surface area contributed by atoms with Gasteiger partial charge in [0, 0.05) is 14.7 Å². The first kappa shape index (κ1) is 12.1. The van der Waals surface area contributed by atoms with Crippen LogP contribution in [0.3, 0.4) is 0 Å². The fourth-order valence-corrected chi connectivity index (χ4v) is 2.72. The van der Waals surface area contributed by atoms with Gasteiger partial charge in [-0.25, -0.2) is 9.97 Å². The van der Waals surface area contributed by atoms with E-state index in [1.807, 2.05) is 5.38 Å². The molecule has 0 radical (unpaired) electrons. The summed E-state index contributed by atoms with van der Waals surface area (Å²) in [4.78, 5) is 9.16. The highest BCUT2D eigenvalue weighted by molar-refractivity contribution is 9.10. The van der Waals surface area contributed by atoms with E-state index in [-0.39, 0.29) is 0 Å². The topological polar surface area (TPSA) is 73.1 Å². The number of rotatable bonds is 4. The second-order valence-corrected chi connectivity index (χ2v) is 5.14. The maximum atomic E-state index is 5.68. The number of ether oxygens (including phenoxy) is 1. The molecule has 90 valence electrons. The molecule has 0 aliphatic heterocycles. The van der Waals surface area contributed by atoms with Crippen molar-refractivity contribution in [3.8, 4) is 5.75 Å². The first-order chi connectivity index (χ1) is 8.20. The summed E-state index contributed by atoms with van der Waals surface area (Å²) in [6.45, 7) is 0.670. The molecule has 0 bridgehead atoms. The second kappa shape index (κ2) is 5.33. The summed E-state index contributed by atoms with van der Waals surface area (Å²) < 4.78 is 6.23. The zero-order chi connectivity index (χ0) is 12.3. The molecule has 17 heavy (non-hydrogen) atoms. The van der Waals surface area contributed by atoms with Gasteiger partial charge in [0.1, 0.15) is 6.33 Å². The van der Waals surface area contributed by atoms with E-state index in [0.717, 1.165) is 4.47 Å². The summed E-state index contributed by atoms with van der Waals surface area (Å²) in [5.74, 6) is 1.41. The number of hydrogen-bond donors (Lipinski definition) is 2. The number of aromatic nitrogens is 2. The minimum absolute atomic E-state index is 0.331. The zero-order valence-electron chi connectivity index (χ0n) is 9.11. The highest BCUT2D eigenvalue weighted by atomic mass is 79.9. The van der Waals surface area contributed by atoms with Crippen LogP contribution in [0.2, 0.25) is 0 Å². The Balaban J connectivity index is 2.11. The van der Waals surface area contributed by atoms with Gasteiger partial charge in [0.25, 0.3) is 0 Å². The zero-order valence-corrected chi connectivity index (χ0v) is 11.5. The van der Waals surface area contributed by atoms with Crippen molar-refractivity contribution < 1.29 is 4.74 Å². The molecular weight excluding hydrogens is 304 g/mol. The van der Waals surface area contributed by atoms with Gasteiger partial charge >= 0.3 is 0 Å². The number of halogens is 1. The monoisotopic (exact) mass is 314 g/mol. The number of nitrogens with one attached hydrogen (secondary N) is 1. The van der Waals surface area contributed by atoms with Crippen molar-refractivity contribution in [3.63, 3.8) is 0 Å². The first-order valence-corrected chi connectivity index (χ1v) is 6.49. The van der Waals surface area contributed by atoms with Crippen molar-refractivity contribution >= 4 is 38.9 Å². The molecule has 0 aliphatic rings. The molecule has 5 nitrogen and oxygen atoms in total. The molecule has 0 spiro atoms. The SMILES string of the molecule is COc1c(N)ncnc1NCc1cc(Br)cs1.